The monoisotopic (exact) mass is 300 g/mol. The predicted octanol–water partition coefficient (Wildman–Crippen LogP) is 5.93. The Balaban J connectivity index is 1.73. The quantitative estimate of drug-likeness (QED) is 0.655. The molecule has 0 nitrogen and oxygen atoms in total. The van der Waals surface area contributed by atoms with E-state index in [4.69, 9.17) is 12.6 Å². The van der Waals surface area contributed by atoms with Crippen LogP contribution in [0.25, 0.3) is 0 Å². The van der Waals surface area contributed by atoms with Gasteiger partial charge in [0.05, 0.1) is 0 Å². The summed E-state index contributed by atoms with van der Waals surface area (Å²) in [5.74, 6) is 3.07. The van der Waals surface area contributed by atoms with E-state index in [0.717, 1.165) is 17.8 Å². The second kappa shape index (κ2) is 5.33. The van der Waals surface area contributed by atoms with Crippen LogP contribution >= 0.6 is 12.6 Å². The summed E-state index contributed by atoms with van der Waals surface area (Å²) in [5, 5.41) is 0.430. The Bertz CT molecular complexity index is 483. The Kier molecular flexibility index (Phi) is 3.60. The molecular formula is C20H28S. The zero-order valence-electron chi connectivity index (χ0n) is 13.2. The molecule has 0 N–H and O–H groups in total. The van der Waals surface area contributed by atoms with E-state index in [0.29, 0.717) is 10.7 Å². The molecule has 114 valence electrons. The summed E-state index contributed by atoms with van der Waals surface area (Å²) in [6.45, 7) is 2.27. The molecule has 0 aliphatic heterocycles. The van der Waals surface area contributed by atoms with Crippen molar-refractivity contribution in [1.82, 2.24) is 0 Å². The Morgan fingerprint density at radius 2 is 1.62 bits per heavy atom. The van der Waals surface area contributed by atoms with Gasteiger partial charge in [0.25, 0.3) is 0 Å². The molecule has 0 heterocycles. The van der Waals surface area contributed by atoms with Gasteiger partial charge in [-0.3, -0.25) is 0 Å². The zero-order chi connectivity index (χ0) is 14.4. The van der Waals surface area contributed by atoms with Gasteiger partial charge in [0.15, 0.2) is 0 Å². The van der Waals surface area contributed by atoms with Crippen LogP contribution in [-0.2, 0) is 5.41 Å². The number of benzene rings is 1. The van der Waals surface area contributed by atoms with Crippen LogP contribution in [-0.4, -0.2) is 0 Å². The Hall–Kier alpha value is -0.430. The summed E-state index contributed by atoms with van der Waals surface area (Å²) >= 11 is 4.94. The minimum Gasteiger partial charge on any atom is -0.171 e. The van der Waals surface area contributed by atoms with E-state index in [2.05, 4.69) is 31.2 Å². The van der Waals surface area contributed by atoms with E-state index in [9.17, 15) is 0 Å². The molecule has 0 amide bonds. The fourth-order valence-electron chi connectivity index (χ4n) is 6.14. The molecule has 0 saturated heterocycles. The highest BCUT2D eigenvalue weighted by atomic mass is 32.1. The highest BCUT2D eigenvalue weighted by molar-refractivity contribution is 7.80. The van der Waals surface area contributed by atoms with Gasteiger partial charge >= 0.3 is 0 Å². The average molecular weight is 301 g/mol. The highest BCUT2D eigenvalue weighted by Crippen LogP contribution is 2.61. The zero-order valence-corrected chi connectivity index (χ0v) is 14.1. The highest BCUT2D eigenvalue weighted by Gasteiger charge is 2.52. The first kappa shape index (κ1) is 14.2. The number of hydrogen-bond acceptors (Lipinski definition) is 1. The maximum Gasteiger partial charge on any atom is 0.0269 e. The molecule has 0 aromatic heterocycles. The van der Waals surface area contributed by atoms with Crippen LogP contribution in [0.3, 0.4) is 0 Å². The lowest BCUT2D eigenvalue weighted by molar-refractivity contribution is -0.00560. The Morgan fingerprint density at radius 1 is 1.05 bits per heavy atom. The molecule has 4 fully saturated rings. The van der Waals surface area contributed by atoms with Gasteiger partial charge in [0.1, 0.15) is 0 Å². The molecule has 0 radical (unpaired) electrons. The van der Waals surface area contributed by atoms with Gasteiger partial charge in [0.2, 0.25) is 0 Å². The van der Waals surface area contributed by atoms with Crippen molar-refractivity contribution >= 4 is 12.6 Å². The largest absolute Gasteiger partial charge is 0.171 e. The third-order valence-corrected chi connectivity index (χ3v) is 7.03. The van der Waals surface area contributed by atoms with E-state index in [1.165, 1.54) is 51.4 Å². The van der Waals surface area contributed by atoms with Crippen molar-refractivity contribution in [2.45, 2.75) is 69.0 Å². The van der Waals surface area contributed by atoms with Crippen molar-refractivity contribution in [3.05, 3.63) is 35.4 Å². The van der Waals surface area contributed by atoms with Crippen molar-refractivity contribution < 1.29 is 0 Å². The first-order valence-corrected chi connectivity index (χ1v) is 9.49. The smallest absolute Gasteiger partial charge is 0.0269 e. The fourth-order valence-corrected chi connectivity index (χ4v) is 6.62. The molecule has 4 aliphatic rings. The third-order valence-electron chi connectivity index (χ3n) is 6.49. The van der Waals surface area contributed by atoms with Gasteiger partial charge in [-0.1, -0.05) is 37.6 Å². The summed E-state index contributed by atoms with van der Waals surface area (Å²) in [5.41, 5.74) is 3.74. The van der Waals surface area contributed by atoms with Gasteiger partial charge in [-0.05, 0) is 79.2 Å². The van der Waals surface area contributed by atoms with Crippen LogP contribution in [0, 0.1) is 17.8 Å². The van der Waals surface area contributed by atoms with E-state index in [-0.39, 0.29) is 0 Å². The van der Waals surface area contributed by atoms with Gasteiger partial charge < -0.3 is 0 Å². The van der Waals surface area contributed by atoms with Gasteiger partial charge in [0, 0.05) is 5.25 Å². The summed E-state index contributed by atoms with van der Waals surface area (Å²) < 4.78 is 0. The maximum absolute atomic E-state index is 4.94. The molecular weight excluding hydrogens is 272 g/mol. The van der Waals surface area contributed by atoms with E-state index >= 15 is 0 Å². The molecule has 21 heavy (non-hydrogen) atoms. The molecule has 1 heteroatoms. The molecule has 0 spiro atoms. The van der Waals surface area contributed by atoms with E-state index in [1.807, 2.05) is 0 Å². The molecule has 1 unspecified atom stereocenters. The fraction of sp³-hybridized carbons (Fsp3) is 0.700. The third kappa shape index (κ3) is 2.36. The van der Waals surface area contributed by atoms with E-state index < -0.39 is 0 Å². The minimum atomic E-state index is 0.430. The van der Waals surface area contributed by atoms with Gasteiger partial charge in [-0.2, -0.15) is 12.6 Å². The maximum atomic E-state index is 4.94. The second-order valence-electron chi connectivity index (χ2n) is 8.09. The van der Waals surface area contributed by atoms with E-state index in [1.54, 1.807) is 11.1 Å². The molecule has 5 rings (SSSR count). The van der Waals surface area contributed by atoms with Crippen LogP contribution < -0.4 is 0 Å². The van der Waals surface area contributed by atoms with Crippen LogP contribution in [0.1, 0.15) is 74.7 Å². The number of rotatable bonds is 4. The van der Waals surface area contributed by atoms with Crippen molar-refractivity contribution in [1.29, 1.82) is 0 Å². The lowest BCUT2D eigenvalue weighted by Crippen LogP contribution is -2.49. The molecule has 1 aromatic rings. The molecule has 4 bridgehead atoms. The van der Waals surface area contributed by atoms with Crippen LogP contribution in [0.5, 0.6) is 0 Å². The van der Waals surface area contributed by atoms with Crippen LogP contribution in [0.2, 0.25) is 0 Å². The average Bonchev–Trinajstić information content (AvgIpc) is 2.46. The molecule has 4 saturated carbocycles. The SMILES string of the molecule is CCCC(S)c1ccccc1C12CC3CC(CC(C3)C1)C2. The van der Waals surface area contributed by atoms with Crippen LogP contribution in [0.4, 0.5) is 0 Å². The Morgan fingerprint density at radius 3 is 2.19 bits per heavy atom. The first-order chi connectivity index (χ1) is 10.2. The lowest BCUT2D eigenvalue weighted by atomic mass is 9.47. The molecule has 1 atom stereocenters. The van der Waals surface area contributed by atoms with Crippen molar-refractivity contribution in [2.75, 3.05) is 0 Å². The predicted molar refractivity (Wildman–Crippen MR) is 92.9 cm³/mol. The van der Waals surface area contributed by atoms with Gasteiger partial charge in [-0.15, -0.1) is 0 Å². The lowest BCUT2D eigenvalue weighted by Gasteiger charge is -2.57. The summed E-state index contributed by atoms with van der Waals surface area (Å²) in [4.78, 5) is 0. The summed E-state index contributed by atoms with van der Waals surface area (Å²) in [6, 6.07) is 9.30. The standard InChI is InChI=1S/C20H28S/c1-2-5-19(21)17-6-3-4-7-18(17)20-11-14-8-15(12-20)10-16(9-14)13-20/h3-4,6-7,14-16,19,21H,2,5,8-13H2,1H3. The Labute approximate surface area is 135 Å². The summed E-state index contributed by atoms with van der Waals surface area (Å²) in [7, 11) is 0. The number of thiol groups is 1. The topological polar surface area (TPSA) is 0 Å². The van der Waals surface area contributed by atoms with Gasteiger partial charge in [-0.25, -0.2) is 0 Å². The van der Waals surface area contributed by atoms with Crippen LogP contribution in [0.15, 0.2) is 24.3 Å². The van der Waals surface area contributed by atoms with Crippen molar-refractivity contribution in [3.63, 3.8) is 0 Å². The molecule has 4 aliphatic carbocycles. The number of hydrogen-bond donors (Lipinski definition) is 1. The second-order valence-corrected chi connectivity index (χ2v) is 8.71. The van der Waals surface area contributed by atoms with Crippen molar-refractivity contribution in [2.24, 2.45) is 17.8 Å². The first-order valence-electron chi connectivity index (χ1n) is 8.97. The summed E-state index contributed by atoms with van der Waals surface area (Å²) in [6.07, 6.45) is 11.4. The normalized spacial score (nSPS) is 38.7. The van der Waals surface area contributed by atoms with Crippen molar-refractivity contribution in [3.8, 4) is 0 Å². The molecule has 1 aromatic carbocycles. The minimum absolute atomic E-state index is 0.430.